The van der Waals surface area contributed by atoms with E-state index in [1.54, 1.807) is 0 Å². The lowest BCUT2D eigenvalue weighted by atomic mass is 10.0. The van der Waals surface area contributed by atoms with Crippen LogP contribution in [-0.2, 0) is 9.53 Å². The lowest BCUT2D eigenvalue weighted by Gasteiger charge is -2.19. The van der Waals surface area contributed by atoms with Gasteiger partial charge in [0.2, 0.25) is 0 Å². The predicted octanol–water partition coefficient (Wildman–Crippen LogP) is 1.35. The van der Waals surface area contributed by atoms with Crippen molar-refractivity contribution in [2.24, 2.45) is 5.92 Å². The van der Waals surface area contributed by atoms with E-state index in [2.05, 4.69) is 17.6 Å². The summed E-state index contributed by atoms with van der Waals surface area (Å²) in [4.78, 5) is 22.6. The molecule has 3 atom stereocenters. The number of amides is 2. The van der Waals surface area contributed by atoms with Crippen LogP contribution in [0.5, 0.6) is 0 Å². The van der Waals surface area contributed by atoms with Gasteiger partial charge >= 0.3 is 12.0 Å². The number of carbonyl (C=O) groups excluding carboxylic acids is 1. The fourth-order valence-electron chi connectivity index (χ4n) is 2.36. The summed E-state index contributed by atoms with van der Waals surface area (Å²) in [6.45, 7) is 2.19. The number of rotatable bonds is 5. The lowest BCUT2D eigenvalue weighted by Crippen LogP contribution is -2.50. The van der Waals surface area contributed by atoms with E-state index < -0.39 is 18.0 Å². The van der Waals surface area contributed by atoms with Crippen molar-refractivity contribution >= 4 is 12.0 Å². The first kappa shape index (κ1) is 15.8. The summed E-state index contributed by atoms with van der Waals surface area (Å²) in [7, 11) is 1.40. The highest BCUT2D eigenvalue weighted by Crippen LogP contribution is 2.22. The molecule has 0 bridgehead atoms. The standard InChI is InChI=1S/C13H24N2O4/c1-9-4-3-5-10(7-6-9)14-13(18)15-11(8-19-2)12(16)17/h9-11H,3-8H2,1-2H3,(H,16,17)(H2,14,15,18). The van der Waals surface area contributed by atoms with E-state index in [1.807, 2.05) is 0 Å². The van der Waals surface area contributed by atoms with Crippen molar-refractivity contribution in [3.63, 3.8) is 0 Å². The van der Waals surface area contributed by atoms with Crippen LogP contribution < -0.4 is 10.6 Å². The van der Waals surface area contributed by atoms with Gasteiger partial charge in [0.15, 0.2) is 6.04 Å². The molecule has 0 aromatic rings. The normalized spacial score (nSPS) is 25.2. The van der Waals surface area contributed by atoms with Crippen LogP contribution in [0.1, 0.15) is 39.0 Å². The first-order valence-corrected chi connectivity index (χ1v) is 6.81. The highest BCUT2D eigenvalue weighted by atomic mass is 16.5. The van der Waals surface area contributed by atoms with Crippen molar-refractivity contribution in [1.29, 1.82) is 0 Å². The Morgan fingerprint density at radius 3 is 2.68 bits per heavy atom. The van der Waals surface area contributed by atoms with Crippen molar-refractivity contribution < 1.29 is 19.4 Å². The SMILES string of the molecule is COCC(NC(=O)NC1CCCC(C)CC1)C(=O)O. The summed E-state index contributed by atoms with van der Waals surface area (Å²) in [5.74, 6) is -0.387. The number of methoxy groups -OCH3 is 1. The van der Waals surface area contributed by atoms with Crippen molar-refractivity contribution in [2.45, 2.75) is 51.1 Å². The first-order chi connectivity index (χ1) is 9.02. The molecule has 3 unspecified atom stereocenters. The third kappa shape index (κ3) is 5.92. The van der Waals surface area contributed by atoms with E-state index in [9.17, 15) is 9.59 Å². The topological polar surface area (TPSA) is 87.7 Å². The molecule has 110 valence electrons. The van der Waals surface area contributed by atoms with Gasteiger partial charge < -0.3 is 20.5 Å². The molecule has 0 aromatic heterocycles. The van der Waals surface area contributed by atoms with Crippen molar-refractivity contribution in [3.05, 3.63) is 0 Å². The first-order valence-electron chi connectivity index (χ1n) is 6.81. The van der Waals surface area contributed by atoms with Crippen LogP contribution in [0.4, 0.5) is 4.79 Å². The van der Waals surface area contributed by atoms with Gasteiger partial charge in [-0.05, 0) is 25.2 Å². The van der Waals surface area contributed by atoms with Gasteiger partial charge in [-0.1, -0.05) is 19.8 Å². The molecule has 0 saturated heterocycles. The highest BCUT2D eigenvalue weighted by Gasteiger charge is 2.22. The minimum atomic E-state index is -1.09. The van der Waals surface area contributed by atoms with Gasteiger partial charge in [-0.25, -0.2) is 9.59 Å². The monoisotopic (exact) mass is 272 g/mol. The third-order valence-electron chi connectivity index (χ3n) is 3.53. The van der Waals surface area contributed by atoms with Gasteiger partial charge in [-0.3, -0.25) is 0 Å². The van der Waals surface area contributed by atoms with Gasteiger partial charge in [0.05, 0.1) is 6.61 Å². The number of carbonyl (C=O) groups is 2. The number of carboxylic acid groups (broad SMARTS) is 1. The zero-order chi connectivity index (χ0) is 14.3. The van der Waals surface area contributed by atoms with Gasteiger partial charge in [0, 0.05) is 13.2 Å². The van der Waals surface area contributed by atoms with Gasteiger partial charge in [0.25, 0.3) is 0 Å². The van der Waals surface area contributed by atoms with Crippen molar-refractivity contribution in [3.8, 4) is 0 Å². The van der Waals surface area contributed by atoms with Crippen LogP contribution >= 0.6 is 0 Å². The van der Waals surface area contributed by atoms with Gasteiger partial charge in [0.1, 0.15) is 0 Å². The summed E-state index contributed by atoms with van der Waals surface area (Å²) in [6, 6.07) is -1.29. The fourth-order valence-corrected chi connectivity index (χ4v) is 2.36. The minimum absolute atomic E-state index is 0.0372. The van der Waals surface area contributed by atoms with Crippen LogP contribution in [0, 0.1) is 5.92 Å². The molecule has 3 N–H and O–H groups in total. The molecular formula is C13H24N2O4. The molecule has 19 heavy (non-hydrogen) atoms. The molecule has 0 aliphatic heterocycles. The molecule has 0 spiro atoms. The Bertz CT molecular complexity index is 309. The number of nitrogens with one attached hydrogen (secondary N) is 2. The molecule has 1 aliphatic carbocycles. The van der Waals surface area contributed by atoms with Gasteiger partial charge in [-0.15, -0.1) is 0 Å². The highest BCUT2D eigenvalue weighted by molar-refractivity contribution is 5.82. The quantitative estimate of drug-likeness (QED) is 0.659. The average molecular weight is 272 g/mol. The van der Waals surface area contributed by atoms with E-state index >= 15 is 0 Å². The maximum Gasteiger partial charge on any atom is 0.328 e. The number of carboxylic acids is 1. The molecule has 0 radical (unpaired) electrons. The van der Waals surface area contributed by atoms with E-state index in [0.717, 1.165) is 25.7 Å². The van der Waals surface area contributed by atoms with E-state index in [1.165, 1.54) is 13.5 Å². The molecule has 1 aliphatic rings. The molecule has 2 amide bonds. The molecule has 0 heterocycles. The number of ether oxygens (including phenoxy) is 1. The summed E-state index contributed by atoms with van der Waals surface area (Å²) >= 11 is 0. The summed E-state index contributed by atoms with van der Waals surface area (Å²) in [6.07, 6.45) is 5.32. The number of hydrogen-bond acceptors (Lipinski definition) is 3. The molecule has 0 aromatic carbocycles. The molecule has 6 nitrogen and oxygen atoms in total. The van der Waals surface area contributed by atoms with Gasteiger partial charge in [-0.2, -0.15) is 0 Å². The Morgan fingerprint density at radius 1 is 1.32 bits per heavy atom. The second-order valence-corrected chi connectivity index (χ2v) is 5.27. The third-order valence-corrected chi connectivity index (χ3v) is 3.53. The second-order valence-electron chi connectivity index (χ2n) is 5.27. The number of hydrogen-bond donors (Lipinski definition) is 3. The Balaban J connectivity index is 2.38. The van der Waals surface area contributed by atoms with Crippen molar-refractivity contribution in [2.75, 3.05) is 13.7 Å². The maximum atomic E-state index is 11.8. The summed E-state index contributed by atoms with van der Waals surface area (Å²) in [5, 5.41) is 14.2. The van der Waals surface area contributed by atoms with Crippen LogP contribution in [0.15, 0.2) is 0 Å². The predicted molar refractivity (Wildman–Crippen MR) is 71.0 cm³/mol. The fraction of sp³-hybridized carbons (Fsp3) is 0.846. The van der Waals surface area contributed by atoms with Crippen LogP contribution in [0.2, 0.25) is 0 Å². The van der Waals surface area contributed by atoms with E-state index in [-0.39, 0.29) is 12.6 Å². The largest absolute Gasteiger partial charge is 0.480 e. The van der Waals surface area contributed by atoms with Crippen LogP contribution in [-0.4, -0.2) is 42.9 Å². The van der Waals surface area contributed by atoms with E-state index in [0.29, 0.717) is 5.92 Å². The molecule has 1 rings (SSSR count). The Hall–Kier alpha value is -1.30. The summed E-state index contributed by atoms with van der Waals surface area (Å²) in [5.41, 5.74) is 0. The molecular weight excluding hydrogens is 248 g/mol. The van der Waals surface area contributed by atoms with Crippen LogP contribution in [0.25, 0.3) is 0 Å². The Morgan fingerprint density at radius 2 is 2.05 bits per heavy atom. The number of urea groups is 1. The molecule has 6 heteroatoms. The molecule has 1 saturated carbocycles. The Labute approximate surface area is 113 Å². The molecule has 1 fully saturated rings. The number of aliphatic carboxylic acids is 1. The summed E-state index contributed by atoms with van der Waals surface area (Å²) < 4.78 is 4.77. The lowest BCUT2D eigenvalue weighted by molar-refractivity contribution is -0.140. The van der Waals surface area contributed by atoms with E-state index in [4.69, 9.17) is 9.84 Å². The minimum Gasteiger partial charge on any atom is -0.480 e. The average Bonchev–Trinajstić information content (AvgIpc) is 2.54. The maximum absolute atomic E-state index is 11.8. The van der Waals surface area contributed by atoms with Crippen LogP contribution in [0.3, 0.4) is 0 Å². The van der Waals surface area contributed by atoms with Crippen molar-refractivity contribution in [1.82, 2.24) is 10.6 Å². The Kier molecular flexibility index (Phi) is 6.62. The smallest absolute Gasteiger partial charge is 0.328 e. The zero-order valence-corrected chi connectivity index (χ0v) is 11.6. The second kappa shape index (κ2) is 7.99. The zero-order valence-electron chi connectivity index (χ0n) is 11.6.